The lowest BCUT2D eigenvalue weighted by Crippen LogP contribution is -2.31. The molecule has 0 amide bonds. The average Bonchev–Trinajstić information content (AvgIpc) is 2.68. The summed E-state index contributed by atoms with van der Waals surface area (Å²) in [5.41, 5.74) is -6.47. The van der Waals surface area contributed by atoms with Crippen molar-refractivity contribution in [1.82, 2.24) is 9.97 Å². The first kappa shape index (κ1) is 23.7. The number of aromatic nitrogens is 2. The van der Waals surface area contributed by atoms with Gasteiger partial charge in [-0.2, -0.15) is 31.6 Å². The van der Waals surface area contributed by atoms with Gasteiger partial charge in [0.25, 0.3) is 0 Å². The third kappa shape index (κ3) is 4.92. The predicted molar refractivity (Wildman–Crippen MR) is 101 cm³/mol. The molecule has 0 fully saturated rings. The van der Waals surface area contributed by atoms with Gasteiger partial charge in [-0.1, -0.05) is 25.1 Å². The molecule has 2 rings (SSSR count). The summed E-state index contributed by atoms with van der Waals surface area (Å²) in [7, 11) is -7.36. The Kier molecular flexibility index (Phi) is 6.81. The molecule has 0 bridgehead atoms. The molecular formula is C16H18F3N3O6S2. The highest BCUT2D eigenvalue weighted by atomic mass is 32.2. The van der Waals surface area contributed by atoms with Crippen LogP contribution in [0.2, 0.25) is 0 Å². The first-order valence-electron chi connectivity index (χ1n) is 8.22. The zero-order valence-corrected chi connectivity index (χ0v) is 17.6. The number of sulfonamides is 1. The van der Waals surface area contributed by atoms with E-state index in [4.69, 9.17) is 9.47 Å². The minimum absolute atomic E-state index is 0.0542. The molecule has 1 aromatic heterocycles. The maximum Gasteiger partial charge on any atom is 0.516 e. The Bertz CT molecular complexity index is 1100. The second-order valence-corrected chi connectivity index (χ2v) is 9.83. The van der Waals surface area contributed by atoms with Crippen LogP contribution in [0.15, 0.2) is 30.3 Å². The molecule has 14 heteroatoms. The van der Waals surface area contributed by atoms with Crippen molar-refractivity contribution < 1.29 is 39.5 Å². The fourth-order valence-corrected chi connectivity index (χ4v) is 4.37. The van der Waals surface area contributed by atoms with Gasteiger partial charge in [-0.05, 0) is 6.07 Å². The summed E-state index contributed by atoms with van der Waals surface area (Å²) in [4.78, 5) is 7.97. The highest BCUT2D eigenvalue weighted by Crippen LogP contribution is 2.37. The van der Waals surface area contributed by atoms with Gasteiger partial charge in [-0.15, -0.1) is 0 Å². The van der Waals surface area contributed by atoms with E-state index in [-0.39, 0.29) is 23.1 Å². The monoisotopic (exact) mass is 469 g/mol. The smallest absolute Gasteiger partial charge is 0.481 e. The van der Waals surface area contributed by atoms with Gasteiger partial charge >= 0.3 is 15.5 Å². The molecule has 1 N–H and O–H groups in total. The van der Waals surface area contributed by atoms with Gasteiger partial charge in [-0.25, -0.2) is 8.42 Å². The molecule has 1 unspecified atom stereocenters. The molecule has 0 aliphatic carbocycles. The summed E-state index contributed by atoms with van der Waals surface area (Å²) in [6.07, 6.45) is 0. The lowest BCUT2D eigenvalue weighted by molar-refractivity contribution is -0.0429. The van der Waals surface area contributed by atoms with E-state index in [1.54, 1.807) is 0 Å². The van der Waals surface area contributed by atoms with Crippen LogP contribution in [-0.2, 0) is 19.9 Å². The van der Waals surface area contributed by atoms with E-state index in [2.05, 4.69) is 9.97 Å². The van der Waals surface area contributed by atoms with Crippen LogP contribution in [-0.4, -0.2) is 52.3 Å². The first-order chi connectivity index (χ1) is 13.9. The largest absolute Gasteiger partial charge is 0.516 e. The Balaban J connectivity index is 2.76. The Morgan fingerprint density at radius 1 is 1.03 bits per heavy atom. The van der Waals surface area contributed by atoms with Gasteiger partial charge in [0.05, 0.1) is 26.0 Å². The van der Waals surface area contributed by atoms with Crippen LogP contribution in [0.3, 0.4) is 0 Å². The number of alkyl halides is 3. The number of hydrogen-bond acceptors (Lipinski definition) is 8. The number of benzene rings is 1. The number of rotatable bonds is 8. The van der Waals surface area contributed by atoms with Gasteiger partial charge < -0.3 is 9.47 Å². The number of hydrogen-bond donors (Lipinski definition) is 1. The van der Waals surface area contributed by atoms with Gasteiger partial charge in [0.2, 0.25) is 11.8 Å². The van der Waals surface area contributed by atoms with Crippen molar-refractivity contribution in [3.05, 3.63) is 41.7 Å². The van der Waals surface area contributed by atoms with Crippen molar-refractivity contribution in [1.29, 1.82) is 0 Å². The minimum Gasteiger partial charge on any atom is -0.481 e. The van der Waals surface area contributed by atoms with Crippen LogP contribution >= 0.6 is 0 Å². The fourth-order valence-electron chi connectivity index (χ4n) is 2.43. The molecule has 0 spiro atoms. The Morgan fingerprint density at radius 2 is 1.57 bits per heavy atom. The number of para-hydroxylation sites is 1. The number of methoxy groups -OCH3 is 2. The van der Waals surface area contributed by atoms with E-state index < -0.39 is 42.1 Å². The van der Waals surface area contributed by atoms with Crippen molar-refractivity contribution in [3.8, 4) is 11.8 Å². The number of anilines is 1. The highest BCUT2D eigenvalue weighted by molar-refractivity contribution is 7.93. The summed E-state index contributed by atoms with van der Waals surface area (Å²) in [5, 5.41) is -1.70. The maximum atomic E-state index is 12.9. The fraction of sp³-hybridized carbons (Fsp3) is 0.375. The summed E-state index contributed by atoms with van der Waals surface area (Å²) in [6, 6.07) is 6.05. The van der Waals surface area contributed by atoms with E-state index in [0.717, 1.165) is 6.07 Å². The molecule has 166 valence electrons. The number of nitrogens with one attached hydrogen (secondary N) is 1. The normalized spacial score (nSPS) is 13.5. The molecule has 0 aliphatic heterocycles. The number of sulfone groups is 1. The molecule has 0 saturated carbocycles. The average molecular weight is 469 g/mol. The van der Waals surface area contributed by atoms with Crippen LogP contribution in [0, 0.1) is 0 Å². The number of nitrogens with zero attached hydrogens (tertiary/aromatic N) is 2. The van der Waals surface area contributed by atoms with Crippen LogP contribution in [0.1, 0.15) is 23.6 Å². The van der Waals surface area contributed by atoms with E-state index in [9.17, 15) is 30.0 Å². The molecule has 2 aromatic rings. The second kappa shape index (κ2) is 8.63. The SMILES string of the molecule is CCS(=O)(=O)C(c1nc(OC)cc(OC)n1)c1ccccc1NS(=O)(=O)C(F)(F)F. The summed E-state index contributed by atoms with van der Waals surface area (Å²) in [6.45, 7) is 1.32. The van der Waals surface area contributed by atoms with Crippen molar-refractivity contribution in [2.24, 2.45) is 0 Å². The molecule has 0 aliphatic rings. The molecule has 9 nitrogen and oxygen atoms in total. The third-order valence-corrected chi connectivity index (χ3v) is 6.99. The third-order valence-electron chi connectivity index (χ3n) is 3.90. The minimum atomic E-state index is -5.80. The standard InChI is InChI=1S/C16H18F3N3O6S2/c1-4-29(23,24)14(15-20-12(27-2)9-13(21-15)28-3)10-7-5-6-8-11(10)22-30(25,26)16(17,18)19/h5-9,14,22H,4H2,1-3H3. The topological polar surface area (TPSA) is 125 Å². The van der Waals surface area contributed by atoms with Crippen molar-refractivity contribution in [2.75, 3.05) is 24.7 Å². The van der Waals surface area contributed by atoms with Gasteiger partial charge in [0.15, 0.2) is 15.7 Å². The van der Waals surface area contributed by atoms with Crippen molar-refractivity contribution in [2.45, 2.75) is 17.7 Å². The summed E-state index contributed by atoms with van der Waals surface area (Å²) in [5.74, 6) is -0.893. The Hall–Kier alpha value is -2.61. The molecular weight excluding hydrogens is 451 g/mol. The molecule has 1 atom stereocenters. The zero-order valence-electron chi connectivity index (χ0n) is 16.0. The highest BCUT2D eigenvalue weighted by Gasteiger charge is 2.46. The molecule has 0 saturated heterocycles. The molecule has 1 heterocycles. The maximum absolute atomic E-state index is 12.9. The van der Waals surface area contributed by atoms with Gasteiger partial charge in [-0.3, -0.25) is 4.72 Å². The van der Waals surface area contributed by atoms with Crippen LogP contribution in [0.25, 0.3) is 0 Å². The molecule has 0 radical (unpaired) electrons. The Morgan fingerprint density at radius 3 is 2.03 bits per heavy atom. The van der Waals surface area contributed by atoms with E-state index >= 15 is 0 Å². The number of ether oxygens (including phenoxy) is 2. The second-order valence-electron chi connectivity index (χ2n) is 5.78. The first-order valence-corrected chi connectivity index (χ1v) is 11.4. The molecule has 1 aromatic carbocycles. The quantitative estimate of drug-likeness (QED) is 0.624. The summed E-state index contributed by atoms with van der Waals surface area (Å²) >= 11 is 0. The van der Waals surface area contributed by atoms with Gasteiger partial charge in [0, 0.05) is 11.3 Å². The van der Waals surface area contributed by atoms with Crippen LogP contribution in [0.5, 0.6) is 11.8 Å². The predicted octanol–water partition coefficient (Wildman–Crippen LogP) is 2.28. The number of halogens is 3. The summed E-state index contributed by atoms with van der Waals surface area (Å²) < 4.78 is 98.8. The van der Waals surface area contributed by atoms with E-state index in [0.29, 0.717) is 0 Å². The van der Waals surface area contributed by atoms with Crippen LogP contribution in [0.4, 0.5) is 18.9 Å². The lowest BCUT2D eigenvalue weighted by Gasteiger charge is -2.21. The van der Waals surface area contributed by atoms with E-state index in [1.165, 1.54) is 50.1 Å². The molecule has 30 heavy (non-hydrogen) atoms. The van der Waals surface area contributed by atoms with E-state index in [1.807, 2.05) is 0 Å². The van der Waals surface area contributed by atoms with Crippen molar-refractivity contribution in [3.63, 3.8) is 0 Å². The Labute approximate surface area is 171 Å². The van der Waals surface area contributed by atoms with Crippen molar-refractivity contribution >= 4 is 25.5 Å². The van der Waals surface area contributed by atoms with Crippen LogP contribution < -0.4 is 14.2 Å². The van der Waals surface area contributed by atoms with Gasteiger partial charge in [0.1, 0.15) is 5.25 Å². The lowest BCUT2D eigenvalue weighted by atomic mass is 10.1. The zero-order chi connectivity index (χ0) is 22.7.